The number of pyridine rings is 1. The minimum absolute atomic E-state index is 0.256. The molecule has 0 atom stereocenters. The van der Waals surface area contributed by atoms with Crippen molar-refractivity contribution in [1.29, 1.82) is 0 Å². The molecule has 0 unspecified atom stereocenters. The van der Waals surface area contributed by atoms with E-state index in [9.17, 15) is 4.39 Å². The topological polar surface area (TPSA) is 17.0 Å². The maximum Gasteiger partial charge on any atom is 0.216 e. The number of fused-ring (bicyclic) bond motifs is 3. The molecule has 2 aromatic heterocycles. The highest BCUT2D eigenvalue weighted by molar-refractivity contribution is 6.13. The Hall–Kier alpha value is -3.46. The van der Waals surface area contributed by atoms with Crippen LogP contribution >= 0.6 is 0 Å². The zero-order valence-corrected chi connectivity index (χ0v) is 18.9. The molecule has 5 rings (SSSR count). The summed E-state index contributed by atoms with van der Waals surface area (Å²) in [5, 5.41) is 1.74. The molecule has 2 heterocycles. The Balaban J connectivity index is 1.76. The van der Waals surface area contributed by atoms with Crippen LogP contribution in [0.5, 0.6) is 0 Å². The van der Waals surface area contributed by atoms with Crippen LogP contribution in [0.4, 0.5) is 4.39 Å². The third-order valence-corrected chi connectivity index (χ3v) is 6.13. The van der Waals surface area contributed by atoms with Crippen LogP contribution in [0.1, 0.15) is 25.0 Å². The average Bonchev–Trinajstić information content (AvgIpc) is 3.12. The normalized spacial score (nSPS) is 11.7. The highest BCUT2D eigenvalue weighted by Crippen LogP contribution is 2.41. The minimum atomic E-state index is -0.256. The maximum absolute atomic E-state index is 14.8. The van der Waals surface area contributed by atoms with Gasteiger partial charge in [0.2, 0.25) is 5.69 Å². The Kier molecular flexibility index (Phi) is 5.05. The van der Waals surface area contributed by atoms with E-state index in [1.807, 2.05) is 31.4 Å². The molecule has 0 aliphatic heterocycles. The monoisotopic (exact) mass is 424 g/mol. The molecule has 0 amide bonds. The summed E-state index contributed by atoms with van der Waals surface area (Å²) in [7, 11) is 2.03. The van der Waals surface area contributed by atoms with Crippen LogP contribution in [0.15, 0.2) is 77.3 Å². The third-order valence-electron chi connectivity index (χ3n) is 6.13. The van der Waals surface area contributed by atoms with E-state index in [0.29, 0.717) is 5.92 Å². The molecule has 2 nitrogen and oxygen atoms in total. The van der Waals surface area contributed by atoms with Gasteiger partial charge in [0.25, 0.3) is 0 Å². The SMILES string of the molecule is Cc1ccc2c(oc3c(-c4ccc(CC(C)C)cc4)cc(F)cc32)c1-c1cccc[n+]1C. The van der Waals surface area contributed by atoms with Crippen molar-refractivity contribution < 1.29 is 13.4 Å². The molecule has 0 aliphatic carbocycles. The van der Waals surface area contributed by atoms with E-state index >= 15 is 0 Å². The van der Waals surface area contributed by atoms with Crippen molar-refractivity contribution >= 4 is 21.9 Å². The van der Waals surface area contributed by atoms with Gasteiger partial charge < -0.3 is 4.42 Å². The number of hydrogen-bond donors (Lipinski definition) is 0. The Morgan fingerprint density at radius 2 is 1.69 bits per heavy atom. The van der Waals surface area contributed by atoms with Gasteiger partial charge in [0, 0.05) is 28.5 Å². The van der Waals surface area contributed by atoms with E-state index in [1.54, 1.807) is 12.1 Å². The number of aryl methyl sites for hydroxylation is 2. The van der Waals surface area contributed by atoms with E-state index < -0.39 is 0 Å². The Labute approximate surface area is 187 Å². The molecule has 0 spiro atoms. The number of aromatic nitrogens is 1. The number of hydrogen-bond acceptors (Lipinski definition) is 1. The summed E-state index contributed by atoms with van der Waals surface area (Å²) in [5.41, 5.74) is 7.79. The quantitative estimate of drug-likeness (QED) is 0.275. The minimum Gasteiger partial charge on any atom is -0.454 e. The van der Waals surface area contributed by atoms with Gasteiger partial charge in [-0.05, 0) is 54.2 Å². The van der Waals surface area contributed by atoms with Crippen LogP contribution in [-0.4, -0.2) is 0 Å². The molecule has 0 bridgehead atoms. The lowest BCUT2D eigenvalue weighted by Crippen LogP contribution is -2.30. The van der Waals surface area contributed by atoms with Gasteiger partial charge in [0.05, 0.1) is 5.56 Å². The first-order valence-corrected chi connectivity index (χ1v) is 11.1. The highest BCUT2D eigenvalue weighted by Gasteiger charge is 2.22. The summed E-state index contributed by atoms with van der Waals surface area (Å²) in [4.78, 5) is 0. The maximum atomic E-state index is 14.8. The van der Waals surface area contributed by atoms with Crippen molar-refractivity contribution in [3.05, 3.63) is 89.9 Å². The summed E-state index contributed by atoms with van der Waals surface area (Å²) < 4.78 is 23.4. The molecule has 0 radical (unpaired) electrons. The molecular formula is C29H27FNO+. The van der Waals surface area contributed by atoms with E-state index in [2.05, 4.69) is 61.7 Å². The van der Waals surface area contributed by atoms with Crippen LogP contribution in [-0.2, 0) is 13.5 Å². The van der Waals surface area contributed by atoms with Crippen molar-refractivity contribution in [2.24, 2.45) is 13.0 Å². The summed E-state index contributed by atoms with van der Waals surface area (Å²) >= 11 is 0. The van der Waals surface area contributed by atoms with Gasteiger partial charge in [0.15, 0.2) is 6.20 Å². The van der Waals surface area contributed by atoms with Gasteiger partial charge in [0.1, 0.15) is 24.0 Å². The van der Waals surface area contributed by atoms with E-state index in [-0.39, 0.29) is 5.82 Å². The van der Waals surface area contributed by atoms with Crippen molar-refractivity contribution in [2.75, 3.05) is 0 Å². The van der Waals surface area contributed by atoms with E-state index in [4.69, 9.17) is 4.42 Å². The highest BCUT2D eigenvalue weighted by atomic mass is 19.1. The van der Waals surface area contributed by atoms with E-state index in [1.165, 1.54) is 5.56 Å². The summed E-state index contributed by atoms with van der Waals surface area (Å²) in [5.74, 6) is 0.340. The number of furan rings is 1. The number of halogens is 1. The molecule has 0 aliphatic rings. The van der Waals surface area contributed by atoms with Crippen LogP contribution in [0.3, 0.4) is 0 Å². The molecule has 32 heavy (non-hydrogen) atoms. The lowest BCUT2D eigenvalue weighted by Gasteiger charge is -2.07. The fraction of sp³-hybridized carbons (Fsp3) is 0.207. The Bertz CT molecular complexity index is 1440. The molecule has 0 N–H and O–H groups in total. The van der Waals surface area contributed by atoms with Gasteiger partial charge in [-0.1, -0.05) is 50.2 Å². The van der Waals surface area contributed by atoms with E-state index in [0.717, 1.165) is 56.3 Å². The smallest absolute Gasteiger partial charge is 0.216 e. The van der Waals surface area contributed by atoms with Crippen molar-refractivity contribution in [3.63, 3.8) is 0 Å². The largest absolute Gasteiger partial charge is 0.454 e. The lowest BCUT2D eigenvalue weighted by atomic mass is 9.97. The van der Waals surface area contributed by atoms with Crippen molar-refractivity contribution in [1.82, 2.24) is 0 Å². The first kappa shape index (κ1) is 20.4. The predicted octanol–water partition coefficient (Wildman–Crippen LogP) is 7.39. The van der Waals surface area contributed by atoms with Crippen molar-refractivity contribution in [3.8, 4) is 22.4 Å². The Morgan fingerprint density at radius 3 is 2.41 bits per heavy atom. The molecule has 160 valence electrons. The molecule has 0 saturated heterocycles. The second-order valence-electron chi connectivity index (χ2n) is 9.06. The van der Waals surface area contributed by atoms with Crippen LogP contribution in [0.2, 0.25) is 0 Å². The third kappa shape index (κ3) is 3.48. The molecule has 3 aromatic carbocycles. The predicted molar refractivity (Wildman–Crippen MR) is 129 cm³/mol. The Morgan fingerprint density at radius 1 is 0.906 bits per heavy atom. The number of nitrogens with zero attached hydrogens (tertiary/aromatic N) is 1. The fourth-order valence-corrected chi connectivity index (χ4v) is 4.61. The molecular weight excluding hydrogens is 397 g/mol. The van der Waals surface area contributed by atoms with Gasteiger partial charge in [-0.25, -0.2) is 8.96 Å². The lowest BCUT2D eigenvalue weighted by molar-refractivity contribution is -0.660. The van der Waals surface area contributed by atoms with Gasteiger partial charge in [-0.15, -0.1) is 0 Å². The molecule has 0 saturated carbocycles. The summed E-state index contributed by atoms with van der Waals surface area (Å²) in [6, 6.07) is 21.8. The van der Waals surface area contributed by atoms with Gasteiger partial charge >= 0.3 is 0 Å². The van der Waals surface area contributed by atoms with Gasteiger partial charge in [-0.2, -0.15) is 0 Å². The fourth-order valence-electron chi connectivity index (χ4n) is 4.61. The summed E-state index contributed by atoms with van der Waals surface area (Å²) in [6.45, 7) is 6.51. The van der Waals surface area contributed by atoms with Gasteiger partial charge in [-0.3, -0.25) is 0 Å². The second-order valence-corrected chi connectivity index (χ2v) is 9.06. The van der Waals surface area contributed by atoms with Crippen LogP contribution in [0, 0.1) is 18.7 Å². The van der Waals surface area contributed by atoms with Crippen molar-refractivity contribution in [2.45, 2.75) is 27.2 Å². The second kappa shape index (κ2) is 7.90. The number of benzene rings is 3. The molecule has 0 fully saturated rings. The van der Waals surface area contributed by atoms with Crippen LogP contribution < -0.4 is 4.57 Å². The standard InChI is InChI=1S/C29H27FNO/c1-18(2)15-20-9-11-21(12-10-20)24-16-22(30)17-25-23-13-8-19(3)27(29(23)32-28(24)25)26-7-5-6-14-31(26)4/h5-14,16-18H,15H2,1-4H3/q+1. The number of rotatable bonds is 4. The van der Waals surface area contributed by atoms with Crippen LogP contribution in [0.25, 0.3) is 44.3 Å². The zero-order chi connectivity index (χ0) is 22.4. The first-order valence-electron chi connectivity index (χ1n) is 11.1. The summed E-state index contributed by atoms with van der Waals surface area (Å²) in [6.07, 6.45) is 3.06. The average molecular weight is 425 g/mol. The molecule has 5 aromatic rings. The zero-order valence-electron chi connectivity index (χ0n) is 18.9. The molecule has 3 heteroatoms. The first-order chi connectivity index (χ1) is 15.4.